The van der Waals surface area contributed by atoms with E-state index >= 15 is 0 Å². The maximum absolute atomic E-state index is 13.4. The number of nitrogens with zero attached hydrogens (tertiary/aromatic N) is 3. The molecule has 2 aromatic heterocycles. The molecule has 3 aromatic rings. The molecule has 6 atom stereocenters. The van der Waals surface area contributed by atoms with Crippen molar-refractivity contribution in [1.82, 2.24) is 14.9 Å². The minimum absolute atomic E-state index is 0.0653. The third-order valence-electron chi connectivity index (χ3n) is 9.14. The van der Waals surface area contributed by atoms with Crippen molar-refractivity contribution < 1.29 is 18.3 Å². The third-order valence-corrected chi connectivity index (χ3v) is 11.6. The number of hydrogen-bond donors (Lipinski definition) is 2. The van der Waals surface area contributed by atoms with Crippen molar-refractivity contribution in [3.63, 3.8) is 0 Å². The molecule has 0 radical (unpaired) electrons. The maximum atomic E-state index is 13.4. The van der Waals surface area contributed by atoms with Crippen LogP contribution in [0.2, 0.25) is 0 Å². The summed E-state index contributed by atoms with van der Waals surface area (Å²) in [6.07, 6.45) is 3.37. The summed E-state index contributed by atoms with van der Waals surface area (Å²) >= 11 is 1.38. The lowest BCUT2D eigenvalue weighted by atomic mass is 9.53. The summed E-state index contributed by atoms with van der Waals surface area (Å²) in [5, 5.41) is 12.8. The molecule has 1 aromatic carbocycles. The van der Waals surface area contributed by atoms with Gasteiger partial charge in [-0.05, 0) is 62.5 Å². The number of thiazole rings is 1. The number of aromatic nitrogens is 2. The average Bonchev–Trinajstić information content (AvgIpc) is 3.29. The largest absolute Gasteiger partial charge is 0.392 e. The van der Waals surface area contributed by atoms with E-state index in [1.54, 1.807) is 24.4 Å². The first kappa shape index (κ1) is 28.0. The molecule has 0 spiro atoms. The summed E-state index contributed by atoms with van der Waals surface area (Å²) in [7, 11) is -3.91. The number of rotatable bonds is 7. The van der Waals surface area contributed by atoms with Gasteiger partial charge in [-0.3, -0.25) is 14.5 Å². The fraction of sp³-hybridized carbons (Fsp3) is 0.552. The van der Waals surface area contributed by atoms with Crippen LogP contribution in [-0.2, 0) is 21.2 Å². The highest BCUT2D eigenvalue weighted by molar-refractivity contribution is 7.93. The first-order chi connectivity index (χ1) is 18.5. The lowest BCUT2D eigenvalue weighted by Crippen LogP contribution is -2.53. The van der Waals surface area contributed by atoms with Crippen LogP contribution in [0.15, 0.2) is 41.4 Å². The SMILES string of the molecule is CCN(CC)C(=O)[C@@H](C)[C@@H]1CC[C@]2(C)Cc3sc(NS(=O)(=O)c4cccc5cccnc45)nc3[C@@H](C)[C@@H]2[C@H]1O. The van der Waals surface area contributed by atoms with Gasteiger partial charge in [-0.15, -0.1) is 11.3 Å². The van der Waals surface area contributed by atoms with Gasteiger partial charge in [-0.25, -0.2) is 13.4 Å². The number of aliphatic hydroxyl groups excluding tert-OH is 1. The van der Waals surface area contributed by atoms with E-state index in [1.165, 1.54) is 11.3 Å². The van der Waals surface area contributed by atoms with Crippen LogP contribution < -0.4 is 4.72 Å². The molecule has 0 unspecified atom stereocenters. The van der Waals surface area contributed by atoms with E-state index in [4.69, 9.17) is 4.98 Å². The number of aliphatic hydroxyl groups is 1. The topological polar surface area (TPSA) is 112 Å². The van der Waals surface area contributed by atoms with Gasteiger partial charge in [-0.2, -0.15) is 0 Å². The Balaban J connectivity index is 1.41. The number of pyridine rings is 1. The molecule has 5 rings (SSSR count). The van der Waals surface area contributed by atoms with Gasteiger partial charge >= 0.3 is 0 Å². The molecular weight excluding hydrogens is 532 g/mol. The Hall–Kier alpha value is -2.56. The van der Waals surface area contributed by atoms with E-state index in [2.05, 4.69) is 23.6 Å². The second-order valence-electron chi connectivity index (χ2n) is 11.4. The first-order valence-corrected chi connectivity index (χ1v) is 16.1. The van der Waals surface area contributed by atoms with Crippen LogP contribution in [-0.4, -0.2) is 53.5 Å². The number of benzene rings is 1. The van der Waals surface area contributed by atoms with Crippen LogP contribution >= 0.6 is 11.3 Å². The lowest BCUT2D eigenvalue weighted by Gasteiger charge is -2.53. The summed E-state index contributed by atoms with van der Waals surface area (Å²) in [5.74, 6) is -0.406. The number of sulfonamides is 1. The number of carbonyl (C=O) groups excluding carboxylic acids is 1. The van der Waals surface area contributed by atoms with Gasteiger partial charge in [0.15, 0.2) is 5.13 Å². The standard InChI is InChI=1S/C29H38N4O4S2/c1-6-33(7-2)27(35)17(3)20-13-14-29(5)16-21-24(18(4)23(29)26(20)34)31-28(38-21)32-39(36,37)22-12-8-10-19-11-9-15-30-25(19)22/h8-12,15,17-18,20,23,26,34H,6-7,13-14,16H2,1-5H3,(H,31,32)/t17-,18-,20-,23+,26-,29+/m0/s1. The highest BCUT2D eigenvalue weighted by atomic mass is 32.2. The molecular formula is C29H38N4O4S2. The van der Waals surface area contributed by atoms with E-state index in [0.29, 0.717) is 23.7 Å². The first-order valence-electron chi connectivity index (χ1n) is 13.8. The Bertz CT molecular complexity index is 1480. The number of carbonyl (C=O) groups is 1. The summed E-state index contributed by atoms with van der Waals surface area (Å²) in [6, 6.07) is 8.72. The van der Waals surface area contributed by atoms with Crippen molar-refractivity contribution in [2.45, 2.75) is 70.8 Å². The van der Waals surface area contributed by atoms with E-state index in [-0.39, 0.29) is 39.9 Å². The fourth-order valence-electron chi connectivity index (χ4n) is 7.06. The summed E-state index contributed by atoms with van der Waals surface area (Å²) in [6.45, 7) is 11.5. The van der Waals surface area contributed by atoms with E-state index in [9.17, 15) is 18.3 Å². The van der Waals surface area contributed by atoms with Crippen molar-refractivity contribution in [3.8, 4) is 0 Å². The van der Waals surface area contributed by atoms with Gasteiger partial charge in [-0.1, -0.05) is 39.0 Å². The lowest BCUT2D eigenvalue weighted by molar-refractivity contribution is -0.144. The van der Waals surface area contributed by atoms with Crippen LogP contribution in [0.1, 0.15) is 63.9 Å². The highest BCUT2D eigenvalue weighted by Gasteiger charge is 2.54. The normalized spacial score (nSPS) is 27.4. The summed E-state index contributed by atoms with van der Waals surface area (Å²) < 4.78 is 29.5. The summed E-state index contributed by atoms with van der Waals surface area (Å²) in [5.41, 5.74) is 1.12. The molecule has 2 N–H and O–H groups in total. The minimum Gasteiger partial charge on any atom is -0.392 e. The van der Waals surface area contributed by atoms with Crippen LogP contribution in [0.25, 0.3) is 10.9 Å². The second kappa shape index (κ2) is 10.4. The number of para-hydroxylation sites is 1. The predicted molar refractivity (Wildman–Crippen MR) is 154 cm³/mol. The van der Waals surface area contributed by atoms with Gasteiger partial charge in [0.1, 0.15) is 4.90 Å². The molecule has 0 bridgehead atoms. The molecule has 2 aliphatic carbocycles. The molecule has 1 fully saturated rings. The number of anilines is 1. The third kappa shape index (κ3) is 4.85. The zero-order chi connectivity index (χ0) is 28.1. The van der Waals surface area contributed by atoms with Crippen molar-refractivity contribution >= 4 is 43.3 Å². The molecule has 2 heterocycles. The molecule has 1 amide bonds. The van der Waals surface area contributed by atoms with Gasteiger partial charge in [0.2, 0.25) is 5.91 Å². The molecule has 2 aliphatic rings. The van der Waals surface area contributed by atoms with E-state index < -0.39 is 16.1 Å². The van der Waals surface area contributed by atoms with E-state index in [1.807, 2.05) is 37.8 Å². The quantitative estimate of drug-likeness (QED) is 0.411. The number of nitrogens with one attached hydrogen (secondary N) is 1. The predicted octanol–water partition coefficient (Wildman–Crippen LogP) is 5.05. The van der Waals surface area contributed by atoms with E-state index in [0.717, 1.165) is 35.2 Å². The zero-order valence-electron chi connectivity index (χ0n) is 23.2. The smallest absolute Gasteiger partial charge is 0.265 e. The van der Waals surface area contributed by atoms with Crippen molar-refractivity contribution in [3.05, 3.63) is 47.1 Å². The van der Waals surface area contributed by atoms with Crippen molar-refractivity contribution in [1.29, 1.82) is 0 Å². The zero-order valence-corrected chi connectivity index (χ0v) is 24.8. The Morgan fingerprint density at radius 1 is 1.26 bits per heavy atom. The van der Waals surface area contributed by atoms with Crippen LogP contribution in [0.3, 0.4) is 0 Å². The van der Waals surface area contributed by atoms with Gasteiger partial charge in [0.05, 0.1) is 17.3 Å². The minimum atomic E-state index is -3.91. The number of amides is 1. The highest BCUT2D eigenvalue weighted by Crippen LogP contribution is 2.57. The Morgan fingerprint density at radius 2 is 1.97 bits per heavy atom. The Morgan fingerprint density at radius 3 is 2.69 bits per heavy atom. The number of hydrogen-bond acceptors (Lipinski definition) is 7. The fourth-order valence-corrected chi connectivity index (χ4v) is 9.74. The van der Waals surface area contributed by atoms with Crippen LogP contribution in [0.4, 0.5) is 5.13 Å². The molecule has 210 valence electrons. The van der Waals surface area contributed by atoms with Crippen molar-refractivity contribution in [2.24, 2.45) is 23.2 Å². The molecule has 0 aliphatic heterocycles. The molecule has 0 saturated heterocycles. The maximum Gasteiger partial charge on any atom is 0.265 e. The second-order valence-corrected chi connectivity index (χ2v) is 14.1. The van der Waals surface area contributed by atoms with Gasteiger partial charge in [0.25, 0.3) is 10.0 Å². The van der Waals surface area contributed by atoms with Gasteiger partial charge in [0, 0.05) is 41.4 Å². The molecule has 8 nitrogen and oxygen atoms in total. The van der Waals surface area contributed by atoms with Crippen LogP contribution in [0, 0.1) is 23.2 Å². The average molecular weight is 571 g/mol. The van der Waals surface area contributed by atoms with Crippen molar-refractivity contribution in [2.75, 3.05) is 17.8 Å². The Kier molecular flexibility index (Phi) is 7.50. The molecule has 39 heavy (non-hydrogen) atoms. The molecule has 1 saturated carbocycles. The van der Waals surface area contributed by atoms with Crippen LogP contribution in [0.5, 0.6) is 0 Å². The summed E-state index contributed by atoms with van der Waals surface area (Å²) in [4.78, 5) is 25.2. The molecule has 10 heteroatoms. The number of fused-ring (bicyclic) bond motifs is 3. The van der Waals surface area contributed by atoms with Gasteiger partial charge < -0.3 is 10.0 Å². The monoisotopic (exact) mass is 570 g/mol. The Labute approximate surface area is 234 Å².